The number of hydrogen-bond acceptors (Lipinski definition) is 5. The molecule has 0 aliphatic rings. The lowest BCUT2D eigenvalue weighted by molar-refractivity contribution is -0.112. The van der Waals surface area contributed by atoms with E-state index in [1.807, 2.05) is 69.3 Å². The molecular weight excluding hydrogens is 500 g/mol. The summed E-state index contributed by atoms with van der Waals surface area (Å²) in [5.74, 6) is 1.31. The average Bonchev–Trinajstić information content (AvgIpc) is 2.96. The van der Waals surface area contributed by atoms with Gasteiger partial charge in [-0.05, 0) is 79.9 Å². The molecule has 40 heavy (non-hydrogen) atoms. The molecular formula is C34H32N2O4. The number of rotatable bonds is 11. The number of aryl methyl sites for hydroxylation is 2. The molecule has 0 radical (unpaired) electrons. The van der Waals surface area contributed by atoms with Gasteiger partial charge in [0.05, 0.1) is 6.61 Å². The lowest BCUT2D eigenvalue weighted by Gasteiger charge is -2.13. The highest BCUT2D eigenvalue weighted by molar-refractivity contribution is 6.09. The number of nitrogens with one attached hydrogen (secondary N) is 1. The molecule has 0 heterocycles. The van der Waals surface area contributed by atoms with Crippen molar-refractivity contribution in [1.29, 1.82) is 5.26 Å². The van der Waals surface area contributed by atoms with Gasteiger partial charge in [0.2, 0.25) is 0 Å². The van der Waals surface area contributed by atoms with Crippen LogP contribution in [-0.2, 0) is 18.0 Å². The smallest absolute Gasteiger partial charge is 0.266 e. The van der Waals surface area contributed by atoms with Crippen molar-refractivity contribution in [2.75, 3.05) is 11.9 Å². The molecule has 1 N–H and O–H groups in total. The minimum Gasteiger partial charge on any atom is -0.490 e. The Kier molecular flexibility index (Phi) is 9.58. The van der Waals surface area contributed by atoms with Crippen molar-refractivity contribution in [3.8, 4) is 23.3 Å². The molecule has 6 nitrogen and oxygen atoms in total. The van der Waals surface area contributed by atoms with Gasteiger partial charge in [-0.1, -0.05) is 65.7 Å². The van der Waals surface area contributed by atoms with Crippen LogP contribution in [0.25, 0.3) is 6.08 Å². The molecule has 0 saturated heterocycles. The van der Waals surface area contributed by atoms with Gasteiger partial charge in [-0.25, -0.2) is 0 Å². The zero-order valence-corrected chi connectivity index (χ0v) is 22.9. The van der Waals surface area contributed by atoms with Crippen LogP contribution in [0.5, 0.6) is 17.2 Å². The first kappa shape index (κ1) is 28.0. The van der Waals surface area contributed by atoms with Gasteiger partial charge < -0.3 is 19.5 Å². The van der Waals surface area contributed by atoms with E-state index in [0.29, 0.717) is 48.3 Å². The number of benzene rings is 4. The van der Waals surface area contributed by atoms with E-state index in [0.717, 1.165) is 16.7 Å². The first-order chi connectivity index (χ1) is 19.4. The Morgan fingerprint density at radius 1 is 0.800 bits per heavy atom. The molecule has 4 rings (SSSR count). The summed E-state index contributed by atoms with van der Waals surface area (Å²) in [5, 5.41) is 12.5. The zero-order chi connectivity index (χ0) is 28.3. The van der Waals surface area contributed by atoms with Crippen molar-refractivity contribution in [3.05, 3.63) is 124 Å². The third-order valence-electron chi connectivity index (χ3n) is 6.06. The Morgan fingerprint density at radius 2 is 1.55 bits per heavy atom. The van der Waals surface area contributed by atoms with E-state index in [9.17, 15) is 10.1 Å². The summed E-state index contributed by atoms with van der Waals surface area (Å²) in [6.45, 7) is 7.27. The highest BCUT2D eigenvalue weighted by atomic mass is 16.5. The molecule has 0 spiro atoms. The predicted molar refractivity (Wildman–Crippen MR) is 157 cm³/mol. The summed E-state index contributed by atoms with van der Waals surface area (Å²) >= 11 is 0. The second-order valence-corrected chi connectivity index (χ2v) is 9.34. The van der Waals surface area contributed by atoms with Crippen LogP contribution in [0.4, 0.5) is 5.69 Å². The van der Waals surface area contributed by atoms with E-state index in [1.54, 1.807) is 42.5 Å². The first-order valence-electron chi connectivity index (χ1n) is 13.1. The maximum Gasteiger partial charge on any atom is 0.266 e. The summed E-state index contributed by atoms with van der Waals surface area (Å²) in [6.07, 6.45) is 1.53. The second kappa shape index (κ2) is 13.7. The van der Waals surface area contributed by atoms with Crippen LogP contribution in [0.15, 0.2) is 96.6 Å². The number of anilines is 1. The largest absolute Gasteiger partial charge is 0.490 e. The molecule has 4 aromatic carbocycles. The molecule has 0 fully saturated rings. The molecule has 0 aliphatic heterocycles. The fourth-order valence-corrected chi connectivity index (χ4v) is 3.96. The average molecular weight is 533 g/mol. The Labute approximate surface area is 235 Å². The highest BCUT2D eigenvalue weighted by Crippen LogP contribution is 2.30. The summed E-state index contributed by atoms with van der Waals surface area (Å²) < 4.78 is 17.6. The summed E-state index contributed by atoms with van der Waals surface area (Å²) in [5.41, 5.74) is 5.67. The standard InChI is InChI=1S/C34H32N2O4/c1-4-38-33-20-27(12-17-32(33)40-23-28-7-5-6-25(3)18-28)19-29(21-35)34(37)36-30-13-15-31(16-14-30)39-22-26-10-8-24(2)9-11-26/h5-20H,4,22-23H2,1-3H3,(H,36,37)/b29-19+. The lowest BCUT2D eigenvalue weighted by atomic mass is 10.1. The van der Waals surface area contributed by atoms with Crippen LogP contribution in [0.2, 0.25) is 0 Å². The normalized spacial score (nSPS) is 10.9. The summed E-state index contributed by atoms with van der Waals surface area (Å²) in [6, 6.07) is 30.6. The quantitative estimate of drug-likeness (QED) is 0.161. The Bertz CT molecular complexity index is 1520. The SMILES string of the molecule is CCOc1cc(/C=C(\C#N)C(=O)Nc2ccc(OCc3ccc(C)cc3)cc2)ccc1OCc1cccc(C)c1. The monoisotopic (exact) mass is 532 g/mol. The maximum atomic E-state index is 12.8. The number of carbonyl (C=O) groups excluding carboxylic acids is 1. The van der Waals surface area contributed by atoms with E-state index in [2.05, 4.69) is 11.4 Å². The third kappa shape index (κ3) is 7.99. The van der Waals surface area contributed by atoms with Crippen LogP contribution in [0.1, 0.15) is 34.7 Å². The van der Waals surface area contributed by atoms with E-state index >= 15 is 0 Å². The predicted octanol–water partition coefficient (Wildman–Crippen LogP) is 7.41. The minimum atomic E-state index is -0.506. The number of hydrogen-bond donors (Lipinski definition) is 1. The highest BCUT2D eigenvalue weighted by Gasteiger charge is 2.12. The van der Waals surface area contributed by atoms with Crippen molar-refractivity contribution in [3.63, 3.8) is 0 Å². The topological polar surface area (TPSA) is 80.6 Å². The van der Waals surface area contributed by atoms with Crippen LogP contribution >= 0.6 is 0 Å². The van der Waals surface area contributed by atoms with Gasteiger partial charge in [-0.15, -0.1) is 0 Å². The third-order valence-corrected chi connectivity index (χ3v) is 6.06. The van der Waals surface area contributed by atoms with Crippen LogP contribution in [0, 0.1) is 25.2 Å². The molecule has 202 valence electrons. The fraction of sp³-hybridized carbons (Fsp3) is 0.176. The van der Waals surface area contributed by atoms with Gasteiger partial charge in [-0.3, -0.25) is 4.79 Å². The van der Waals surface area contributed by atoms with Gasteiger partial charge in [-0.2, -0.15) is 5.26 Å². The zero-order valence-electron chi connectivity index (χ0n) is 22.9. The van der Waals surface area contributed by atoms with E-state index in [4.69, 9.17) is 14.2 Å². The van der Waals surface area contributed by atoms with Crippen LogP contribution < -0.4 is 19.5 Å². The molecule has 0 aliphatic carbocycles. The molecule has 4 aromatic rings. The van der Waals surface area contributed by atoms with Crippen molar-refractivity contribution in [2.45, 2.75) is 34.0 Å². The lowest BCUT2D eigenvalue weighted by Crippen LogP contribution is -2.13. The minimum absolute atomic E-state index is 0.0319. The summed E-state index contributed by atoms with van der Waals surface area (Å²) in [4.78, 5) is 12.8. The van der Waals surface area contributed by atoms with E-state index < -0.39 is 5.91 Å². The second-order valence-electron chi connectivity index (χ2n) is 9.34. The van der Waals surface area contributed by atoms with Crippen LogP contribution in [0.3, 0.4) is 0 Å². The van der Waals surface area contributed by atoms with Gasteiger partial charge in [0.1, 0.15) is 30.6 Å². The number of carbonyl (C=O) groups is 1. The van der Waals surface area contributed by atoms with Crippen molar-refractivity contribution < 1.29 is 19.0 Å². The van der Waals surface area contributed by atoms with Crippen molar-refractivity contribution >= 4 is 17.7 Å². The molecule has 1 amide bonds. The molecule has 0 aromatic heterocycles. The van der Waals surface area contributed by atoms with E-state index in [-0.39, 0.29) is 5.57 Å². The Balaban J connectivity index is 1.39. The van der Waals surface area contributed by atoms with Crippen molar-refractivity contribution in [2.24, 2.45) is 0 Å². The van der Waals surface area contributed by atoms with Crippen LogP contribution in [-0.4, -0.2) is 12.5 Å². The van der Waals surface area contributed by atoms with Gasteiger partial charge in [0, 0.05) is 5.69 Å². The Hall–Kier alpha value is -5.02. The molecule has 0 unspecified atom stereocenters. The molecule has 0 bridgehead atoms. The molecule has 0 saturated carbocycles. The van der Waals surface area contributed by atoms with Gasteiger partial charge in [0.25, 0.3) is 5.91 Å². The first-order valence-corrected chi connectivity index (χ1v) is 13.1. The molecule has 0 atom stereocenters. The van der Waals surface area contributed by atoms with Gasteiger partial charge in [0.15, 0.2) is 11.5 Å². The number of nitriles is 1. The number of nitrogens with zero attached hydrogens (tertiary/aromatic N) is 1. The maximum absolute atomic E-state index is 12.8. The molecule has 6 heteroatoms. The number of ether oxygens (including phenoxy) is 3. The van der Waals surface area contributed by atoms with Gasteiger partial charge >= 0.3 is 0 Å². The van der Waals surface area contributed by atoms with E-state index in [1.165, 1.54) is 11.6 Å². The number of amides is 1. The Morgan fingerprint density at radius 3 is 2.25 bits per heavy atom. The van der Waals surface area contributed by atoms with Crippen molar-refractivity contribution in [1.82, 2.24) is 0 Å². The fourth-order valence-electron chi connectivity index (χ4n) is 3.96. The summed E-state index contributed by atoms with van der Waals surface area (Å²) in [7, 11) is 0.